The summed E-state index contributed by atoms with van der Waals surface area (Å²) in [6.07, 6.45) is -0.206. The van der Waals surface area contributed by atoms with Crippen molar-refractivity contribution in [3.8, 4) is 22.6 Å². The topological polar surface area (TPSA) is 188 Å². The van der Waals surface area contributed by atoms with Crippen LogP contribution in [0.4, 0.5) is 4.39 Å². The molecule has 3 aliphatic carbocycles. The molecule has 1 amide bonds. The van der Waals surface area contributed by atoms with Crippen LogP contribution in [0.3, 0.4) is 0 Å². The number of aliphatic hydroxyl groups is 3. The molecule has 43 heavy (non-hydrogen) atoms. The fourth-order valence-electron chi connectivity index (χ4n) is 7.62. The fourth-order valence-corrected chi connectivity index (χ4v) is 7.62. The summed E-state index contributed by atoms with van der Waals surface area (Å²) in [5.41, 5.74) is -1.16. The first-order valence-corrected chi connectivity index (χ1v) is 13.3. The summed E-state index contributed by atoms with van der Waals surface area (Å²) in [7, 11) is 4.41. The third-order valence-corrected chi connectivity index (χ3v) is 9.23. The predicted octanol–water partition coefficient (Wildman–Crippen LogP) is 2.53. The van der Waals surface area contributed by atoms with E-state index in [9.17, 15) is 44.0 Å². The maximum atomic E-state index is 14.4. The average molecular weight is 595 g/mol. The van der Waals surface area contributed by atoms with Crippen LogP contribution in [0.1, 0.15) is 41.8 Å². The summed E-state index contributed by atoms with van der Waals surface area (Å²) < 4.78 is 19.2. The van der Waals surface area contributed by atoms with Crippen LogP contribution in [0.5, 0.6) is 11.5 Å². The number of methoxy groups -OCH3 is 1. The quantitative estimate of drug-likeness (QED) is 0.254. The molecule has 0 unspecified atom stereocenters. The maximum Gasteiger partial charge on any atom is 0.332 e. The smallest absolute Gasteiger partial charge is 0.332 e. The highest BCUT2D eigenvalue weighted by molar-refractivity contribution is 6.25. The largest absolute Gasteiger partial charge is 0.508 e. The number of hydrogen-bond acceptors (Lipinski definition) is 10. The van der Waals surface area contributed by atoms with Gasteiger partial charge < -0.3 is 30.9 Å². The van der Waals surface area contributed by atoms with Crippen LogP contribution in [0, 0.1) is 10.8 Å². The van der Waals surface area contributed by atoms with E-state index in [0.29, 0.717) is 11.1 Å². The Kier molecular flexibility index (Phi) is 6.60. The van der Waals surface area contributed by atoms with Gasteiger partial charge >= 0.3 is 6.04 Å². The number of rotatable bonds is 5. The summed E-state index contributed by atoms with van der Waals surface area (Å²) in [4.78, 5) is 53.2. The Hall–Kier alpha value is -4.55. The number of ketones is 2. The molecular weight excluding hydrogens is 563 g/mol. The Morgan fingerprint density at radius 1 is 1.07 bits per heavy atom. The summed E-state index contributed by atoms with van der Waals surface area (Å²) in [6, 6.07) is 3.69. The van der Waals surface area contributed by atoms with Crippen molar-refractivity contribution in [2.75, 3.05) is 21.2 Å². The van der Waals surface area contributed by atoms with E-state index in [1.54, 1.807) is 6.92 Å². The van der Waals surface area contributed by atoms with Crippen molar-refractivity contribution in [1.82, 2.24) is 4.90 Å². The maximum absolute atomic E-state index is 14.4. The number of phenolic OH excluding ortho intramolecular Hbond substituents is 1. The van der Waals surface area contributed by atoms with Crippen molar-refractivity contribution in [3.63, 3.8) is 0 Å². The van der Waals surface area contributed by atoms with Gasteiger partial charge in [-0.2, -0.15) is 4.39 Å². The Balaban J connectivity index is 1.84. The highest BCUT2D eigenvalue weighted by Gasteiger charge is 2.72. The monoisotopic (exact) mass is 594 g/mol. The predicted molar refractivity (Wildman–Crippen MR) is 151 cm³/mol. The molecule has 0 aliphatic heterocycles. The molecule has 1 fully saturated rings. The average Bonchev–Trinajstić information content (AvgIpc) is 2.90. The standard InChI is InChI=1S/C31H31FN2O9/c1-29-11-16-14(15-10-13(27(32)40)6-9-18(15)43-5)7-8-17(35)19(16)22(36)21(29)26(39)31(42)25(38)20(28(33)41)23(37)24(34(3)4)30(31,2)12-29/h6-10,24,35-36,38,42H,11-12H2,1-5H3,(H2,33,41)/t24-,29+,30+,31-/m1/s1. The lowest BCUT2D eigenvalue weighted by atomic mass is 9.46. The van der Waals surface area contributed by atoms with E-state index in [0.717, 1.165) is 0 Å². The van der Waals surface area contributed by atoms with Gasteiger partial charge in [0.1, 0.15) is 28.6 Å². The van der Waals surface area contributed by atoms with Crippen LogP contribution < -0.4 is 10.5 Å². The number of nitrogens with zero attached hydrogens (tertiary/aromatic N) is 1. The van der Waals surface area contributed by atoms with Gasteiger partial charge in [-0.15, -0.1) is 0 Å². The van der Waals surface area contributed by atoms with Crippen molar-refractivity contribution < 1.29 is 48.7 Å². The highest BCUT2D eigenvalue weighted by atomic mass is 19.1. The Morgan fingerprint density at radius 2 is 1.72 bits per heavy atom. The van der Waals surface area contributed by atoms with Gasteiger partial charge in [-0.1, -0.05) is 19.9 Å². The second kappa shape index (κ2) is 9.48. The number of fused-ring (bicyclic) bond motifs is 3. The van der Waals surface area contributed by atoms with Gasteiger partial charge in [-0.25, -0.2) is 0 Å². The van der Waals surface area contributed by atoms with Gasteiger partial charge in [-0.05, 0) is 62.3 Å². The molecule has 11 nitrogen and oxygen atoms in total. The zero-order chi connectivity index (χ0) is 32.0. The second-order valence-corrected chi connectivity index (χ2v) is 12.1. The molecule has 4 atom stereocenters. The first-order valence-electron chi connectivity index (χ1n) is 13.3. The molecule has 0 spiro atoms. The number of carbonyl (C=O) groups is 4. The first-order chi connectivity index (χ1) is 20.0. The van der Waals surface area contributed by atoms with E-state index in [1.807, 2.05) is 0 Å². The lowest BCUT2D eigenvalue weighted by Crippen LogP contribution is -2.72. The number of halogens is 1. The molecule has 6 N–H and O–H groups in total. The van der Waals surface area contributed by atoms with Gasteiger partial charge in [0.15, 0.2) is 11.4 Å². The number of aromatic hydroxyl groups is 1. The van der Waals surface area contributed by atoms with Crippen LogP contribution in [0.25, 0.3) is 16.9 Å². The number of benzene rings is 2. The second-order valence-electron chi connectivity index (χ2n) is 12.1. The number of hydrogen-bond donors (Lipinski definition) is 5. The minimum absolute atomic E-state index is 0.0404. The third-order valence-electron chi connectivity index (χ3n) is 9.23. The van der Waals surface area contributed by atoms with E-state index < -0.39 is 68.8 Å². The summed E-state index contributed by atoms with van der Waals surface area (Å²) >= 11 is 0. The highest BCUT2D eigenvalue weighted by Crippen LogP contribution is 2.63. The van der Waals surface area contributed by atoms with Gasteiger partial charge in [0.2, 0.25) is 5.78 Å². The summed E-state index contributed by atoms with van der Waals surface area (Å²) in [6.45, 7) is 3.08. The molecule has 2 aromatic rings. The molecule has 1 saturated carbocycles. The number of primary amides is 1. The van der Waals surface area contributed by atoms with Gasteiger partial charge in [0.05, 0.1) is 24.3 Å². The number of phenols is 1. The van der Waals surface area contributed by atoms with Crippen LogP contribution in [-0.4, -0.2) is 81.7 Å². The third kappa shape index (κ3) is 3.79. The van der Waals surface area contributed by atoms with E-state index in [1.165, 1.54) is 63.4 Å². The fraction of sp³-hybridized carbons (Fsp3) is 0.355. The normalized spacial score (nSPS) is 28.4. The first kappa shape index (κ1) is 29.9. The van der Waals surface area contributed by atoms with Crippen molar-refractivity contribution in [2.45, 2.75) is 38.3 Å². The lowest BCUT2D eigenvalue weighted by Gasteiger charge is -2.59. The van der Waals surface area contributed by atoms with Crippen molar-refractivity contribution in [2.24, 2.45) is 16.6 Å². The van der Waals surface area contributed by atoms with Crippen LogP contribution in [-0.2, 0) is 20.8 Å². The molecule has 0 aromatic heterocycles. The number of amides is 1. The Labute approximate surface area is 245 Å². The molecule has 0 radical (unpaired) electrons. The van der Waals surface area contributed by atoms with E-state index in [-0.39, 0.29) is 40.9 Å². The van der Waals surface area contributed by atoms with E-state index in [2.05, 4.69) is 0 Å². The van der Waals surface area contributed by atoms with E-state index in [4.69, 9.17) is 10.5 Å². The number of ether oxygens (including phenoxy) is 1. The number of carbonyl (C=O) groups excluding carboxylic acids is 4. The van der Waals surface area contributed by atoms with Crippen LogP contribution in [0.15, 0.2) is 47.2 Å². The lowest BCUT2D eigenvalue weighted by molar-refractivity contribution is -0.176. The zero-order valence-corrected chi connectivity index (χ0v) is 24.1. The molecule has 3 aliphatic rings. The molecule has 226 valence electrons. The van der Waals surface area contributed by atoms with Crippen LogP contribution >= 0.6 is 0 Å². The van der Waals surface area contributed by atoms with Crippen LogP contribution in [0.2, 0.25) is 0 Å². The SMILES string of the molecule is COc1ccc(C(=O)F)cc1-c1ccc(O)c2c1C[C@@]1(C)C[C@@]3(C)[C@H](N(C)C)C(=O)C(C(N)=O)=C(O)[C@@]3(O)C(=O)C1=C2O. The minimum atomic E-state index is -2.84. The Morgan fingerprint density at radius 3 is 2.28 bits per heavy atom. The summed E-state index contributed by atoms with van der Waals surface area (Å²) in [5, 5.41) is 45.8. The molecule has 12 heteroatoms. The summed E-state index contributed by atoms with van der Waals surface area (Å²) in [5.74, 6) is -5.40. The van der Waals surface area contributed by atoms with Gasteiger partial charge in [0, 0.05) is 22.0 Å². The zero-order valence-electron chi connectivity index (χ0n) is 24.1. The number of Topliss-reactive ketones (excluding diaryl/α,β-unsaturated/α-hetero) is 2. The molecule has 2 aromatic carbocycles. The van der Waals surface area contributed by atoms with Crippen molar-refractivity contribution >= 4 is 29.3 Å². The molecule has 0 bridgehead atoms. The van der Waals surface area contributed by atoms with Crippen molar-refractivity contribution in [1.29, 1.82) is 0 Å². The molecule has 0 saturated heterocycles. The van der Waals surface area contributed by atoms with Crippen molar-refractivity contribution in [3.05, 3.63) is 63.9 Å². The number of aliphatic hydroxyl groups excluding tert-OH is 2. The Bertz CT molecular complexity index is 1730. The molecule has 0 heterocycles. The van der Waals surface area contributed by atoms with Gasteiger partial charge in [0.25, 0.3) is 5.91 Å². The molecular formula is C31H31FN2O9. The number of likely N-dealkylation sites (N-methyl/N-ethyl adjacent to an activating group) is 1. The van der Waals surface area contributed by atoms with Gasteiger partial charge in [-0.3, -0.25) is 24.1 Å². The number of nitrogens with two attached hydrogens (primary N) is 1. The molecule has 5 rings (SSSR count). The van der Waals surface area contributed by atoms with E-state index >= 15 is 0 Å². The minimum Gasteiger partial charge on any atom is -0.508 e.